The van der Waals surface area contributed by atoms with Gasteiger partial charge >= 0.3 is 0 Å². The Morgan fingerprint density at radius 2 is 2.11 bits per heavy atom. The Hall–Kier alpha value is -1.20. The van der Waals surface area contributed by atoms with Crippen molar-refractivity contribution >= 4 is 50.2 Å². The zero-order chi connectivity index (χ0) is 12.7. The third-order valence-corrected chi connectivity index (χ3v) is 3.67. The maximum absolute atomic E-state index is 11.9. The lowest BCUT2D eigenvalue weighted by Crippen LogP contribution is -2.26. The van der Waals surface area contributed by atoms with Gasteiger partial charge in [-0.2, -0.15) is 4.98 Å². The van der Waals surface area contributed by atoms with Gasteiger partial charge in [-0.15, -0.1) is 0 Å². The third kappa shape index (κ3) is 1.97. The predicted molar refractivity (Wildman–Crippen MR) is 74.2 cm³/mol. The molecule has 1 atom stereocenters. The van der Waals surface area contributed by atoms with E-state index in [0.29, 0.717) is 18.8 Å². The molecule has 0 saturated carbocycles. The number of benzene rings is 1. The van der Waals surface area contributed by atoms with Gasteiger partial charge in [0.25, 0.3) is 0 Å². The summed E-state index contributed by atoms with van der Waals surface area (Å²) in [6.07, 6.45) is 0.482. The van der Waals surface area contributed by atoms with Crippen LogP contribution >= 0.6 is 27.5 Å². The monoisotopic (exact) mass is 325 g/mol. The SMILES string of the molecule is O=C1CC(Br)CN1c1nc(Cl)nc2ccccc12. The van der Waals surface area contributed by atoms with Crippen LogP contribution in [0.2, 0.25) is 5.28 Å². The van der Waals surface area contributed by atoms with Gasteiger partial charge in [-0.3, -0.25) is 9.69 Å². The van der Waals surface area contributed by atoms with Gasteiger partial charge in [0, 0.05) is 23.2 Å². The van der Waals surface area contributed by atoms with Crippen LogP contribution in [0, 0.1) is 0 Å². The Labute approximate surface area is 117 Å². The standard InChI is InChI=1S/C12H9BrClN3O/c13-7-5-10(18)17(6-7)11-8-3-1-2-4-9(8)15-12(14)16-11/h1-4,7H,5-6H2. The highest BCUT2D eigenvalue weighted by atomic mass is 79.9. The molecule has 0 bridgehead atoms. The first-order chi connectivity index (χ1) is 8.65. The molecule has 0 N–H and O–H groups in total. The molecule has 4 nitrogen and oxygen atoms in total. The highest BCUT2D eigenvalue weighted by Gasteiger charge is 2.31. The number of para-hydroxylation sites is 1. The first-order valence-corrected chi connectivity index (χ1v) is 6.81. The molecule has 1 unspecified atom stereocenters. The number of aromatic nitrogens is 2. The zero-order valence-corrected chi connectivity index (χ0v) is 11.6. The van der Waals surface area contributed by atoms with Gasteiger partial charge in [0.15, 0.2) is 0 Å². The number of carbonyl (C=O) groups excluding carboxylic acids is 1. The summed E-state index contributed by atoms with van der Waals surface area (Å²) in [5, 5.41) is 1.01. The van der Waals surface area contributed by atoms with Crippen LogP contribution in [0.5, 0.6) is 0 Å². The fraction of sp³-hybridized carbons (Fsp3) is 0.250. The van der Waals surface area contributed by atoms with Gasteiger partial charge in [0.2, 0.25) is 11.2 Å². The molecule has 2 heterocycles. The normalized spacial score (nSPS) is 19.8. The molecule has 1 aromatic carbocycles. The number of alkyl halides is 1. The van der Waals surface area contributed by atoms with Crippen LogP contribution in [0.25, 0.3) is 10.9 Å². The minimum atomic E-state index is 0.0526. The summed E-state index contributed by atoms with van der Waals surface area (Å²) in [4.78, 5) is 22.1. The van der Waals surface area contributed by atoms with Crippen molar-refractivity contribution in [3.63, 3.8) is 0 Å². The molecule has 0 aliphatic carbocycles. The van der Waals surface area contributed by atoms with E-state index in [1.165, 1.54) is 0 Å². The summed E-state index contributed by atoms with van der Waals surface area (Å²) in [6.45, 7) is 0.607. The smallest absolute Gasteiger partial charge is 0.229 e. The Morgan fingerprint density at radius 1 is 1.33 bits per heavy atom. The van der Waals surface area contributed by atoms with E-state index in [2.05, 4.69) is 25.9 Å². The Kier molecular flexibility index (Phi) is 2.95. The quantitative estimate of drug-likeness (QED) is 0.598. The molecule has 1 aliphatic rings. The molecule has 0 radical (unpaired) electrons. The molecule has 1 saturated heterocycles. The summed E-state index contributed by atoms with van der Waals surface area (Å²) >= 11 is 9.37. The van der Waals surface area contributed by atoms with Gasteiger partial charge < -0.3 is 0 Å². The number of hydrogen-bond acceptors (Lipinski definition) is 3. The summed E-state index contributed by atoms with van der Waals surface area (Å²) in [5.74, 6) is 0.648. The maximum Gasteiger partial charge on any atom is 0.229 e. The average Bonchev–Trinajstić information content (AvgIpc) is 2.67. The minimum Gasteiger partial charge on any atom is -0.295 e. The van der Waals surface area contributed by atoms with Gasteiger partial charge in [0.05, 0.1) is 5.52 Å². The van der Waals surface area contributed by atoms with Crippen LogP contribution in [0.15, 0.2) is 24.3 Å². The maximum atomic E-state index is 11.9. The number of anilines is 1. The molecule has 2 aromatic rings. The van der Waals surface area contributed by atoms with Crippen molar-refractivity contribution in [2.24, 2.45) is 0 Å². The van der Waals surface area contributed by atoms with Crippen molar-refractivity contribution in [1.82, 2.24) is 9.97 Å². The van der Waals surface area contributed by atoms with Crippen LogP contribution < -0.4 is 4.90 Å². The summed E-state index contributed by atoms with van der Waals surface area (Å²) in [6, 6.07) is 7.54. The predicted octanol–water partition coefficient (Wildman–Crippen LogP) is 2.78. The second-order valence-electron chi connectivity index (χ2n) is 4.14. The molecule has 18 heavy (non-hydrogen) atoms. The van der Waals surface area contributed by atoms with Crippen molar-refractivity contribution < 1.29 is 4.79 Å². The van der Waals surface area contributed by atoms with Gasteiger partial charge in [-0.05, 0) is 23.7 Å². The molecule has 1 fully saturated rings. The highest BCUT2D eigenvalue weighted by Crippen LogP contribution is 2.30. The van der Waals surface area contributed by atoms with Crippen LogP contribution in [0.4, 0.5) is 5.82 Å². The topological polar surface area (TPSA) is 46.1 Å². The molecule has 1 aliphatic heterocycles. The number of amides is 1. The van der Waals surface area contributed by atoms with E-state index in [1.807, 2.05) is 24.3 Å². The fourth-order valence-corrected chi connectivity index (χ4v) is 2.84. The van der Waals surface area contributed by atoms with Crippen LogP contribution in [-0.2, 0) is 4.79 Å². The largest absolute Gasteiger partial charge is 0.295 e. The summed E-state index contributed by atoms with van der Waals surface area (Å²) < 4.78 is 0. The van der Waals surface area contributed by atoms with Crippen LogP contribution in [0.1, 0.15) is 6.42 Å². The second kappa shape index (κ2) is 4.48. The van der Waals surface area contributed by atoms with Crippen molar-refractivity contribution in [3.05, 3.63) is 29.5 Å². The lowest BCUT2D eigenvalue weighted by Gasteiger charge is -2.16. The number of carbonyl (C=O) groups is 1. The number of hydrogen-bond donors (Lipinski definition) is 0. The first-order valence-electron chi connectivity index (χ1n) is 5.52. The van der Waals surface area contributed by atoms with E-state index in [0.717, 1.165) is 10.9 Å². The first kappa shape index (κ1) is 11.9. The Bertz CT molecular complexity index is 634. The van der Waals surface area contributed by atoms with Crippen molar-refractivity contribution in [2.75, 3.05) is 11.4 Å². The van der Waals surface area contributed by atoms with E-state index in [4.69, 9.17) is 11.6 Å². The van der Waals surface area contributed by atoms with Crippen molar-refractivity contribution in [1.29, 1.82) is 0 Å². The average molecular weight is 327 g/mol. The summed E-state index contributed by atoms with van der Waals surface area (Å²) in [7, 11) is 0. The third-order valence-electron chi connectivity index (χ3n) is 2.89. The molecule has 0 spiro atoms. The molecular formula is C12H9BrClN3O. The van der Waals surface area contributed by atoms with Crippen molar-refractivity contribution in [3.8, 4) is 0 Å². The summed E-state index contributed by atoms with van der Waals surface area (Å²) in [5.41, 5.74) is 0.748. The van der Waals surface area contributed by atoms with Crippen LogP contribution in [-0.4, -0.2) is 27.2 Å². The Morgan fingerprint density at radius 3 is 2.83 bits per heavy atom. The molecular weight excluding hydrogens is 318 g/mol. The van der Waals surface area contributed by atoms with E-state index >= 15 is 0 Å². The molecule has 6 heteroatoms. The lowest BCUT2D eigenvalue weighted by atomic mass is 10.2. The van der Waals surface area contributed by atoms with Gasteiger partial charge in [-0.25, -0.2) is 4.98 Å². The molecule has 1 amide bonds. The number of halogens is 2. The molecule has 92 valence electrons. The minimum absolute atomic E-state index is 0.0526. The Balaban J connectivity index is 2.19. The van der Waals surface area contributed by atoms with E-state index in [1.54, 1.807) is 4.90 Å². The van der Waals surface area contributed by atoms with Crippen molar-refractivity contribution in [2.45, 2.75) is 11.2 Å². The lowest BCUT2D eigenvalue weighted by molar-refractivity contribution is -0.117. The fourth-order valence-electron chi connectivity index (χ4n) is 2.11. The molecule has 1 aromatic heterocycles. The van der Waals surface area contributed by atoms with E-state index in [9.17, 15) is 4.79 Å². The van der Waals surface area contributed by atoms with Gasteiger partial charge in [0.1, 0.15) is 5.82 Å². The van der Waals surface area contributed by atoms with E-state index in [-0.39, 0.29) is 16.0 Å². The number of rotatable bonds is 1. The second-order valence-corrected chi connectivity index (χ2v) is 5.77. The van der Waals surface area contributed by atoms with Gasteiger partial charge in [-0.1, -0.05) is 28.1 Å². The van der Waals surface area contributed by atoms with E-state index < -0.39 is 0 Å². The molecule has 3 rings (SSSR count). The highest BCUT2D eigenvalue weighted by molar-refractivity contribution is 9.09. The number of fused-ring (bicyclic) bond motifs is 1. The number of nitrogens with zero attached hydrogens (tertiary/aromatic N) is 3. The zero-order valence-electron chi connectivity index (χ0n) is 9.31. The van der Waals surface area contributed by atoms with Crippen LogP contribution in [0.3, 0.4) is 0 Å².